The van der Waals surface area contributed by atoms with Gasteiger partial charge in [0.2, 0.25) is 0 Å². The molecule has 21 heavy (non-hydrogen) atoms. The number of hydrogen-bond acceptors (Lipinski definition) is 3. The van der Waals surface area contributed by atoms with Gasteiger partial charge in [0, 0.05) is 6.42 Å². The summed E-state index contributed by atoms with van der Waals surface area (Å²) in [5, 5.41) is 11.5. The summed E-state index contributed by atoms with van der Waals surface area (Å²) in [6, 6.07) is 10.7. The Morgan fingerprint density at radius 1 is 1.00 bits per heavy atom. The van der Waals surface area contributed by atoms with Crippen LogP contribution in [0.25, 0.3) is 0 Å². The SMILES string of the molecule is COc1cccc(OC)c1C(O)Cc1ccc(Cl)c(Cl)c1. The van der Waals surface area contributed by atoms with E-state index in [0.29, 0.717) is 33.5 Å². The highest BCUT2D eigenvalue weighted by molar-refractivity contribution is 6.42. The van der Waals surface area contributed by atoms with E-state index in [-0.39, 0.29) is 0 Å². The Labute approximate surface area is 134 Å². The predicted molar refractivity (Wildman–Crippen MR) is 84.7 cm³/mol. The van der Waals surface area contributed by atoms with Gasteiger partial charge in [-0.25, -0.2) is 0 Å². The zero-order valence-electron chi connectivity index (χ0n) is 11.8. The minimum absolute atomic E-state index is 0.383. The molecule has 0 aliphatic carbocycles. The molecule has 0 amide bonds. The molecule has 0 fully saturated rings. The Morgan fingerprint density at radius 2 is 1.62 bits per heavy atom. The van der Waals surface area contributed by atoms with Gasteiger partial charge in [-0.2, -0.15) is 0 Å². The third kappa shape index (κ3) is 3.62. The molecule has 2 aromatic carbocycles. The lowest BCUT2D eigenvalue weighted by atomic mass is 9.99. The Balaban J connectivity index is 2.31. The molecule has 0 saturated carbocycles. The molecule has 1 unspecified atom stereocenters. The highest BCUT2D eigenvalue weighted by atomic mass is 35.5. The van der Waals surface area contributed by atoms with E-state index in [0.717, 1.165) is 5.56 Å². The summed E-state index contributed by atoms with van der Waals surface area (Å²) in [7, 11) is 3.12. The predicted octanol–water partition coefficient (Wildman–Crippen LogP) is 4.29. The number of hydrogen-bond donors (Lipinski definition) is 1. The molecule has 0 aliphatic rings. The first-order chi connectivity index (χ1) is 10.1. The van der Waals surface area contributed by atoms with E-state index >= 15 is 0 Å². The van der Waals surface area contributed by atoms with E-state index in [2.05, 4.69) is 0 Å². The molecule has 0 aromatic heterocycles. The maximum Gasteiger partial charge on any atom is 0.128 e. The molecule has 1 N–H and O–H groups in total. The van der Waals surface area contributed by atoms with E-state index in [4.69, 9.17) is 32.7 Å². The summed E-state index contributed by atoms with van der Waals surface area (Å²) < 4.78 is 10.6. The summed E-state index contributed by atoms with van der Waals surface area (Å²) in [6.07, 6.45) is -0.387. The molecular weight excluding hydrogens is 311 g/mol. The third-order valence-corrected chi connectivity index (χ3v) is 3.95. The Bertz CT molecular complexity index is 607. The first-order valence-electron chi connectivity index (χ1n) is 6.39. The van der Waals surface area contributed by atoms with Gasteiger partial charge in [-0.1, -0.05) is 35.3 Å². The molecule has 3 nitrogen and oxygen atoms in total. The van der Waals surface area contributed by atoms with Crippen LogP contribution in [0.5, 0.6) is 11.5 Å². The lowest BCUT2D eigenvalue weighted by Gasteiger charge is -2.18. The van der Waals surface area contributed by atoms with E-state index in [9.17, 15) is 5.11 Å². The van der Waals surface area contributed by atoms with Gasteiger partial charge in [-0.05, 0) is 29.8 Å². The molecule has 0 spiro atoms. The fourth-order valence-electron chi connectivity index (χ4n) is 2.20. The second-order valence-corrected chi connectivity index (χ2v) is 5.36. The highest BCUT2D eigenvalue weighted by Crippen LogP contribution is 2.36. The summed E-state index contributed by atoms with van der Waals surface area (Å²) >= 11 is 11.9. The van der Waals surface area contributed by atoms with Gasteiger partial charge in [0.25, 0.3) is 0 Å². The fraction of sp³-hybridized carbons (Fsp3) is 0.250. The number of ether oxygens (including phenoxy) is 2. The molecule has 0 radical (unpaired) electrons. The lowest BCUT2D eigenvalue weighted by Crippen LogP contribution is -2.06. The minimum atomic E-state index is -0.770. The smallest absolute Gasteiger partial charge is 0.128 e. The van der Waals surface area contributed by atoms with Gasteiger partial charge in [-0.3, -0.25) is 0 Å². The molecule has 0 aliphatic heterocycles. The van der Waals surface area contributed by atoms with Crippen LogP contribution in [-0.2, 0) is 6.42 Å². The average Bonchev–Trinajstić information content (AvgIpc) is 2.49. The highest BCUT2D eigenvalue weighted by Gasteiger charge is 2.19. The summed E-state index contributed by atoms with van der Waals surface area (Å²) in [5.41, 5.74) is 1.50. The standard InChI is InChI=1S/C16H16Cl2O3/c1-20-14-4-3-5-15(21-2)16(14)13(19)9-10-6-7-11(17)12(18)8-10/h3-8,13,19H,9H2,1-2H3. The van der Waals surface area contributed by atoms with Crippen molar-refractivity contribution in [2.24, 2.45) is 0 Å². The number of halogens is 2. The van der Waals surface area contributed by atoms with Gasteiger partial charge in [0.1, 0.15) is 11.5 Å². The minimum Gasteiger partial charge on any atom is -0.496 e. The largest absolute Gasteiger partial charge is 0.496 e. The van der Waals surface area contributed by atoms with E-state index in [1.54, 1.807) is 38.5 Å². The number of aliphatic hydroxyl groups is 1. The zero-order valence-corrected chi connectivity index (χ0v) is 13.3. The third-order valence-electron chi connectivity index (χ3n) is 3.21. The topological polar surface area (TPSA) is 38.7 Å². The first-order valence-corrected chi connectivity index (χ1v) is 7.15. The maximum atomic E-state index is 10.5. The Hall–Kier alpha value is -1.42. The maximum absolute atomic E-state index is 10.5. The first kappa shape index (κ1) is 16.0. The second-order valence-electron chi connectivity index (χ2n) is 4.54. The zero-order chi connectivity index (χ0) is 15.4. The molecule has 2 aromatic rings. The summed E-state index contributed by atoms with van der Waals surface area (Å²) in [5.74, 6) is 1.17. The van der Waals surface area contributed by atoms with Crippen LogP contribution < -0.4 is 9.47 Å². The van der Waals surface area contributed by atoms with Crippen molar-refractivity contribution in [1.82, 2.24) is 0 Å². The van der Waals surface area contributed by atoms with Crippen molar-refractivity contribution in [3.05, 3.63) is 57.6 Å². The van der Waals surface area contributed by atoms with Crippen LogP contribution in [0.3, 0.4) is 0 Å². The van der Waals surface area contributed by atoms with Gasteiger partial charge < -0.3 is 14.6 Å². The van der Waals surface area contributed by atoms with Crippen molar-refractivity contribution in [2.45, 2.75) is 12.5 Å². The number of benzene rings is 2. The average molecular weight is 327 g/mol. The molecule has 0 bridgehead atoms. The summed E-state index contributed by atoms with van der Waals surface area (Å²) in [6.45, 7) is 0. The number of rotatable bonds is 5. The van der Waals surface area contributed by atoms with Crippen molar-refractivity contribution >= 4 is 23.2 Å². The summed E-state index contributed by atoms with van der Waals surface area (Å²) in [4.78, 5) is 0. The fourth-order valence-corrected chi connectivity index (χ4v) is 2.52. The Morgan fingerprint density at radius 3 is 2.14 bits per heavy atom. The number of aliphatic hydroxyl groups excluding tert-OH is 1. The molecule has 0 heterocycles. The second kappa shape index (κ2) is 7.03. The molecule has 1 atom stereocenters. The molecule has 5 heteroatoms. The molecule has 112 valence electrons. The normalized spacial score (nSPS) is 12.0. The van der Waals surface area contributed by atoms with Crippen molar-refractivity contribution in [3.8, 4) is 11.5 Å². The van der Waals surface area contributed by atoms with E-state index < -0.39 is 6.10 Å². The molecule has 2 rings (SSSR count). The van der Waals surface area contributed by atoms with Gasteiger partial charge in [0.15, 0.2) is 0 Å². The molecule has 0 saturated heterocycles. The van der Waals surface area contributed by atoms with Crippen molar-refractivity contribution < 1.29 is 14.6 Å². The number of methoxy groups -OCH3 is 2. The van der Waals surface area contributed by atoms with E-state index in [1.807, 2.05) is 12.1 Å². The van der Waals surface area contributed by atoms with Crippen molar-refractivity contribution in [2.75, 3.05) is 14.2 Å². The monoisotopic (exact) mass is 326 g/mol. The van der Waals surface area contributed by atoms with Crippen LogP contribution in [0.4, 0.5) is 0 Å². The molecular formula is C16H16Cl2O3. The Kier molecular flexibility index (Phi) is 5.34. The van der Waals surface area contributed by atoms with Crippen LogP contribution in [-0.4, -0.2) is 19.3 Å². The van der Waals surface area contributed by atoms with Crippen molar-refractivity contribution in [1.29, 1.82) is 0 Å². The van der Waals surface area contributed by atoms with E-state index in [1.165, 1.54) is 0 Å². The van der Waals surface area contributed by atoms with Crippen LogP contribution in [0.2, 0.25) is 10.0 Å². The van der Waals surface area contributed by atoms with Crippen LogP contribution in [0, 0.1) is 0 Å². The lowest BCUT2D eigenvalue weighted by molar-refractivity contribution is 0.169. The van der Waals surface area contributed by atoms with Crippen molar-refractivity contribution in [3.63, 3.8) is 0 Å². The van der Waals surface area contributed by atoms with Crippen LogP contribution in [0.1, 0.15) is 17.2 Å². The van der Waals surface area contributed by atoms with Gasteiger partial charge in [-0.15, -0.1) is 0 Å². The van der Waals surface area contributed by atoms with Crippen LogP contribution >= 0.6 is 23.2 Å². The van der Waals surface area contributed by atoms with Gasteiger partial charge >= 0.3 is 0 Å². The van der Waals surface area contributed by atoms with Crippen LogP contribution in [0.15, 0.2) is 36.4 Å². The quantitative estimate of drug-likeness (QED) is 0.890. The van der Waals surface area contributed by atoms with Gasteiger partial charge in [0.05, 0.1) is 35.9 Å².